The summed E-state index contributed by atoms with van der Waals surface area (Å²) in [6.07, 6.45) is 7.15. The maximum absolute atomic E-state index is 13.8. The monoisotopic (exact) mass is 494 g/mol. The van der Waals surface area contributed by atoms with E-state index < -0.39 is 23.8 Å². The van der Waals surface area contributed by atoms with Gasteiger partial charge >= 0.3 is 6.09 Å². The smallest absolute Gasteiger partial charge is 0.408 e. The minimum Gasteiger partial charge on any atom is -0.444 e. The summed E-state index contributed by atoms with van der Waals surface area (Å²) >= 11 is 0. The normalized spacial score (nSPS) is 19.5. The van der Waals surface area contributed by atoms with E-state index in [9.17, 15) is 19.2 Å². The third-order valence-corrected chi connectivity index (χ3v) is 6.37. The lowest BCUT2D eigenvalue weighted by Crippen LogP contribution is -2.56. The molecule has 1 saturated heterocycles. The van der Waals surface area contributed by atoms with Gasteiger partial charge < -0.3 is 35.7 Å². The van der Waals surface area contributed by atoms with E-state index in [-0.39, 0.29) is 30.4 Å². The number of ether oxygens (including phenoxy) is 1. The van der Waals surface area contributed by atoms with Gasteiger partial charge in [0, 0.05) is 19.1 Å². The van der Waals surface area contributed by atoms with Crippen LogP contribution in [-0.4, -0.2) is 83.3 Å². The second kappa shape index (κ2) is 13.3. The highest BCUT2D eigenvalue weighted by Crippen LogP contribution is 2.29. The summed E-state index contributed by atoms with van der Waals surface area (Å²) in [4.78, 5) is 54.1. The average molecular weight is 495 g/mol. The number of guanidine groups is 1. The first-order chi connectivity index (χ1) is 16.5. The number of carbonyl (C=O) groups excluding carboxylic acids is 4. The van der Waals surface area contributed by atoms with E-state index >= 15 is 0 Å². The van der Waals surface area contributed by atoms with E-state index in [0.717, 1.165) is 38.4 Å². The van der Waals surface area contributed by atoms with Crippen LogP contribution in [0.5, 0.6) is 0 Å². The minimum atomic E-state index is -0.683. The highest BCUT2D eigenvalue weighted by Gasteiger charge is 2.41. The Balaban J connectivity index is 2.09. The van der Waals surface area contributed by atoms with Gasteiger partial charge in [-0.1, -0.05) is 19.3 Å². The Morgan fingerprint density at radius 2 is 1.83 bits per heavy atom. The van der Waals surface area contributed by atoms with Crippen LogP contribution in [0.4, 0.5) is 4.79 Å². The van der Waals surface area contributed by atoms with Gasteiger partial charge in [0.2, 0.25) is 11.8 Å². The van der Waals surface area contributed by atoms with Crippen molar-refractivity contribution in [2.24, 2.45) is 5.73 Å². The van der Waals surface area contributed by atoms with Crippen molar-refractivity contribution in [2.75, 3.05) is 19.6 Å². The molecule has 0 unspecified atom stereocenters. The summed E-state index contributed by atoms with van der Waals surface area (Å²) in [5.74, 6) is -0.673. The number of alkyl carbamates (subject to hydrolysis) is 1. The van der Waals surface area contributed by atoms with Gasteiger partial charge in [0.25, 0.3) is 0 Å². The highest BCUT2D eigenvalue weighted by molar-refractivity contribution is 5.91. The molecule has 3 amide bonds. The third-order valence-electron chi connectivity index (χ3n) is 6.37. The van der Waals surface area contributed by atoms with Gasteiger partial charge in [-0.05, 0) is 59.3 Å². The van der Waals surface area contributed by atoms with Crippen LogP contribution in [0.15, 0.2) is 0 Å². The number of nitrogens with one attached hydrogen (secondary N) is 3. The fourth-order valence-electron chi connectivity index (χ4n) is 4.84. The zero-order chi connectivity index (χ0) is 26.0. The van der Waals surface area contributed by atoms with Gasteiger partial charge in [-0.25, -0.2) is 4.79 Å². The maximum atomic E-state index is 13.8. The summed E-state index contributed by atoms with van der Waals surface area (Å²) in [5.41, 5.74) is 4.66. The van der Waals surface area contributed by atoms with Gasteiger partial charge in [0.05, 0.1) is 6.04 Å². The summed E-state index contributed by atoms with van der Waals surface area (Å²) in [5, 5.41) is 12.5. The molecule has 1 aliphatic carbocycles. The average Bonchev–Trinajstić information content (AvgIpc) is 3.28. The van der Waals surface area contributed by atoms with Crippen molar-refractivity contribution >= 4 is 30.2 Å². The fraction of sp³-hybridized carbons (Fsp3) is 0.792. The molecule has 2 rings (SSSR count). The van der Waals surface area contributed by atoms with Crippen molar-refractivity contribution in [2.45, 2.75) is 102 Å². The Bertz CT molecular complexity index is 762. The lowest BCUT2D eigenvalue weighted by molar-refractivity contribution is -0.149. The molecule has 2 aliphatic rings. The molecule has 2 fully saturated rings. The molecule has 11 nitrogen and oxygen atoms in total. The first kappa shape index (κ1) is 28.4. The van der Waals surface area contributed by atoms with Crippen LogP contribution in [-0.2, 0) is 19.1 Å². The van der Waals surface area contributed by atoms with Crippen LogP contribution in [0.3, 0.4) is 0 Å². The minimum absolute atomic E-state index is 0.0374. The van der Waals surface area contributed by atoms with Gasteiger partial charge in [-0.3, -0.25) is 15.0 Å². The first-order valence-electron chi connectivity index (χ1n) is 12.6. The first-order valence-corrected chi connectivity index (χ1v) is 12.6. The van der Waals surface area contributed by atoms with Crippen molar-refractivity contribution in [3.8, 4) is 0 Å². The number of carbonyl (C=O) groups is 4. The van der Waals surface area contributed by atoms with Gasteiger partial charge in [-0.2, -0.15) is 0 Å². The summed E-state index contributed by atoms with van der Waals surface area (Å²) in [7, 11) is 0. The van der Waals surface area contributed by atoms with Crippen molar-refractivity contribution in [3.63, 3.8) is 0 Å². The summed E-state index contributed by atoms with van der Waals surface area (Å²) in [6.45, 7) is 5.83. The molecule has 2 atom stereocenters. The Morgan fingerprint density at radius 3 is 2.43 bits per heavy atom. The molecule has 5 N–H and O–H groups in total. The molecular weight excluding hydrogens is 452 g/mol. The molecule has 1 aliphatic heterocycles. The molecule has 0 radical (unpaired) electrons. The molecule has 0 bridgehead atoms. The van der Waals surface area contributed by atoms with Crippen LogP contribution in [0.2, 0.25) is 0 Å². The molecule has 1 heterocycles. The number of hydrogen-bond acceptors (Lipinski definition) is 6. The van der Waals surface area contributed by atoms with Crippen molar-refractivity contribution < 1.29 is 23.9 Å². The van der Waals surface area contributed by atoms with E-state index in [4.69, 9.17) is 15.9 Å². The van der Waals surface area contributed by atoms with Crippen LogP contribution < -0.4 is 16.4 Å². The number of hydrogen-bond donors (Lipinski definition) is 4. The molecule has 198 valence electrons. The summed E-state index contributed by atoms with van der Waals surface area (Å²) < 4.78 is 5.19. The molecular formula is C24H42N6O5. The van der Waals surface area contributed by atoms with E-state index in [1.165, 1.54) is 4.90 Å². The quantitative estimate of drug-likeness (QED) is 0.155. The Kier molecular flexibility index (Phi) is 10.8. The summed E-state index contributed by atoms with van der Waals surface area (Å²) in [6, 6.07) is -1.29. The number of rotatable bonds is 10. The van der Waals surface area contributed by atoms with E-state index in [1.807, 2.05) is 0 Å². The number of aldehydes is 1. The van der Waals surface area contributed by atoms with Crippen molar-refractivity contribution in [1.29, 1.82) is 5.41 Å². The van der Waals surface area contributed by atoms with Crippen LogP contribution in [0.1, 0.15) is 78.6 Å². The van der Waals surface area contributed by atoms with E-state index in [1.54, 1.807) is 25.7 Å². The molecule has 1 saturated carbocycles. The van der Waals surface area contributed by atoms with Gasteiger partial charge in [0.1, 0.15) is 24.5 Å². The molecule has 0 aromatic rings. The lowest BCUT2D eigenvalue weighted by atomic mass is 9.91. The zero-order valence-electron chi connectivity index (χ0n) is 21.3. The Labute approximate surface area is 208 Å². The predicted molar refractivity (Wildman–Crippen MR) is 132 cm³/mol. The number of nitrogens with two attached hydrogens (primary N) is 1. The van der Waals surface area contributed by atoms with Crippen LogP contribution in [0, 0.1) is 5.41 Å². The lowest BCUT2D eigenvalue weighted by Gasteiger charge is -2.40. The predicted octanol–water partition coefficient (Wildman–Crippen LogP) is 1.49. The van der Waals surface area contributed by atoms with Crippen LogP contribution in [0.25, 0.3) is 0 Å². The molecule has 0 spiro atoms. The molecule has 0 aromatic heterocycles. The Hall–Kier alpha value is -2.85. The maximum Gasteiger partial charge on any atom is 0.408 e. The SMILES string of the molecule is CC(C)(C)OC(=O)NCC(=O)N1CCC[C@H]1C(=O)N(C1CCCCC1)[C@H](C=O)CCCNC(=N)N. The highest BCUT2D eigenvalue weighted by atomic mass is 16.6. The third kappa shape index (κ3) is 9.03. The topological polar surface area (TPSA) is 158 Å². The van der Waals surface area contributed by atoms with Crippen molar-refractivity contribution in [1.82, 2.24) is 20.4 Å². The van der Waals surface area contributed by atoms with E-state index in [0.29, 0.717) is 38.8 Å². The van der Waals surface area contributed by atoms with Crippen LogP contribution >= 0.6 is 0 Å². The largest absolute Gasteiger partial charge is 0.444 e. The molecule has 35 heavy (non-hydrogen) atoms. The second-order valence-electron chi connectivity index (χ2n) is 10.3. The van der Waals surface area contributed by atoms with Gasteiger partial charge in [0.15, 0.2) is 5.96 Å². The fourth-order valence-corrected chi connectivity index (χ4v) is 4.84. The number of amides is 3. The number of nitrogens with zero attached hydrogens (tertiary/aromatic N) is 2. The Morgan fingerprint density at radius 1 is 1.14 bits per heavy atom. The number of likely N-dealkylation sites (tertiary alicyclic amines) is 1. The van der Waals surface area contributed by atoms with Gasteiger partial charge in [-0.15, -0.1) is 0 Å². The van der Waals surface area contributed by atoms with E-state index in [2.05, 4.69) is 10.6 Å². The van der Waals surface area contributed by atoms with Crippen molar-refractivity contribution in [3.05, 3.63) is 0 Å². The molecule has 0 aromatic carbocycles. The second-order valence-corrected chi connectivity index (χ2v) is 10.3. The zero-order valence-corrected chi connectivity index (χ0v) is 21.3. The molecule has 11 heteroatoms. The standard InChI is InChI=1S/C24H42N6O5/c1-24(2,3)35-23(34)28-15-20(32)29-14-8-12-19(29)21(33)30(17-9-5-4-6-10-17)18(16-31)11-7-13-27-22(25)26/h16-19H,4-15H2,1-3H3,(H,28,34)(H4,25,26,27)/t18-,19-/m0/s1.